The van der Waals surface area contributed by atoms with Crippen molar-refractivity contribution in [3.63, 3.8) is 0 Å². The quantitative estimate of drug-likeness (QED) is 0.330. The van der Waals surface area contributed by atoms with Crippen molar-refractivity contribution in [2.75, 3.05) is 38.2 Å². The van der Waals surface area contributed by atoms with Crippen molar-refractivity contribution in [1.29, 1.82) is 0 Å². The topological polar surface area (TPSA) is 123 Å². The maximum Gasteiger partial charge on any atom is 0.522 e. The van der Waals surface area contributed by atoms with Crippen molar-refractivity contribution < 1.29 is 32.5 Å². The van der Waals surface area contributed by atoms with Gasteiger partial charge in [0, 0.05) is 41.9 Å². The SMILES string of the molecule is CNC[C@@H](O)COc1ccc(Cl)c(-c2nc(C(C(C)=O)=C(C)N)c(C)c(N3CC4(CCC(OC(F)(F)F)CC4)C3)n2)c1. The molecule has 1 aliphatic heterocycles. The molecule has 1 aliphatic carbocycles. The van der Waals surface area contributed by atoms with Gasteiger partial charge in [-0.3, -0.25) is 9.53 Å². The number of carbonyl (C=O) groups excluding carboxylic acids is 1. The van der Waals surface area contributed by atoms with Crippen molar-refractivity contribution in [3.8, 4) is 17.1 Å². The minimum absolute atomic E-state index is 0.0570. The van der Waals surface area contributed by atoms with E-state index in [-0.39, 0.29) is 29.2 Å². The molecule has 4 N–H and O–H groups in total. The van der Waals surface area contributed by atoms with Crippen molar-refractivity contribution in [2.45, 2.75) is 65.0 Å². The van der Waals surface area contributed by atoms with Crippen LogP contribution in [0.1, 0.15) is 50.8 Å². The van der Waals surface area contributed by atoms with E-state index in [9.17, 15) is 23.1 Å². The maximum absolute atomic E-state index is 12.7. The summed E-state index contributed by atoms with van der Waals surface area (Å²) in [4.78, 5) is 24.3. The molecule has 230 valence electrons. The molecule has 42 heavy (non-hydrogen) atoms. The first-order chi connectivity index (χ1) is 19.7. The number of anilines is 1. The Labute approximate surface area is 248 Å². The zero-order valence-corrected chi connectivity index (χ0v) is 24.9. The van der Waals surface area contributed by atoms with E-state index >= 15 is 0 Å². The number of hydrogen-bond donors (Lipinski definition) is 3. The van der Waals surface area contributed by atoms with Gasteiger partial charge in [0.15, 0.2) is 11.6 Å². The van der Waals surface area contributed by atoms with Crippen LogP contribution in [-0.2, 0) is 9.53 Å². The molecule has 9 nitrogen and oxygen atoms in total. The highest BCUT2D eigenvalue weighted by molar-refractivity contribution is 6.33. The number of alkyl halides is 3. The second-order valence-electron chi connectivity index (χ2n) is 11.2. The van der Waals surface area contributed by atoms with E-state index in [4.69, 9.17) is 32.0 Å². The normalized spacial score (nSPS) is 18.5. The Balaban J connectivity index is 1.66. The fourth-order valence-electron chi connectivity index (χ4n) is 5.80. The van der Waals surface area contributed by atoms with Gasteiger partial charge in [-0.15, -0.1) is 13.2 Å². The number of hydrogen-bond acceptors (Lipinski definition) is 9. The number of rotatable bonds is 10. The monoisotopic (exact) mass is 611 g/mol. The average Bonchev–Trinajstić information content (AvgIpc) is 2.88. The van der Waals surface area contributed by atoms with Crippen LogP contribution in [0.15, 0.2) is 23.9 Å². The summed E-state index contributed by atoms with van der Waals surface area (Å²) in [6, 6.07) is 5.00. The molecule has 0 amide bonds. The summed E-state index contributed by atoms with van der Waals surface area (Å²) >= 11 is 6.59. The molecule has 13 heteroatoms. The van der Waals surface area contributed by atoms with Crippen molar-refractivity contribution in [1.82, 2.24) is 15.3 Å². The van der Waals surface area contributed by atoms with Crippen LogP contribution in [0.4, 0.5) is 19.0 Å². The van der Waals surface area contributed by atoms with Gasteiger partial charge in [0.2, 0.25) is 0 Å². The van der Waals surface area contributed by atoms with Crippen LogP contribution < -0.4 is 20.7 Å². The highest BCUT2D eigenvalue weighted by atomic mass is 35.5. The predicted octanol–water partition coefficient (Wildman–Crippen LogP) is 4.63. The zero-order chi connectivity index (χ0) is 30.8. The van der Waals surface area contributed by atoms with Crippen molar-refractivity contribution in [3.05, 3.63) is 40.2 Å². The summed E-state index contributed by atoms with van der Waals surface area (Å²) in [7, 11) is 1.73. The lowest BCUT2D eigenvalue weighted by Gasteiger charge is -2.54. The molecule has 2 aliphatic rings. The first-order valence-electron chi connectivity index (χ1n) is 13.8. The summed E-state index contributed by atoms with van der Waals surface area (Å²) in [6.07, 6.45) is -4.28. The van der Waals surface area contributed by atoms with E-state index in [1.165, 1.54) is 6.92 Å². The summed E-state index contributed by atoms with van der Waals surface area (Å²) in [5.74, 6) is 1.06. The number of benzene rings is 1. The van der Waals surface area contributed by atoms with Gasteiger partial charge < -0.3 is 25.8 Å². The summed E-state index contributed by atoms with van der Waals surface area (Å²) in [5.41, 5.74) is 8.10. The number of nitrogens with zero attached hydrogens (tertiary/aromatic N) is 3. The molecule has 4 rings (SSSR count). The molecule has 2 heterocycles. The maximum atomic E-state index is 12.7. The van der Waals surface area contributed by atoms with Crippen LogP contribution in [-0.4, -0.2) is 72.7 Å². The molecule has 2 fully saturated rings. The Hall–Kier alpha value is -2.93. The van der Waals surface area contributed by atoms with Crippen molar-refractivity contribution in [2.24, 2.45) is 11.1 Å². The number of halogens is 4. The molecule has 1 aromatic carbocycles. The number of nitrogens with one attached hydrogen (secondary N) is 1. The Bertz CT molecular complexity index is 1330. The minimum Gasteiger partial charge on any atom is -0.491 e. The molecule has 1 saturated heterocycles. The largest absolute Gasteiger partial charge is 0.522 e. The van der Waals surface area contributed by atoms with E-state index in [0.717, 1.165) is 0 Å². The van der Waals surface area contributed by atoms with Crippen LogP contribution in [0.25, 0.3) is 17.0 Å². The third kappa shape index (κ3) is 7.34. The number of Topliss-reactive ketones (excluding diaryl/α,β-unsaturated/α-hetero) is 1. The Kier molecular flexibility index (Phi) is 9.71. The molecule has 1 aromatic heterocycles. The molecule has 0 bridgehead atoms. The molecular formula is C29H37ClF3N5O4. The number of aromatic nitrogens is 2. The highest BCUT2D eigenvalue weighted by Gasteiger charge is 2.48. The first kappa shape index (κ1) is 32.0. The minimum atomic E-state index is -4.63. The molecule has 1 spiro atoms. The van der Waals surface area contributed by atoms with Crippen LogP contribution in [0.5, 0.6) is 5.75 Å². The van der Waals surface area contributed by atoms with Gasteiger partial charge in [-0.25, -0.2) is 9.97 Å². The average molecular weight is 612 g/mol. The third-order valence-corrected chi connectivity index (χ3v) is 8.14. The number of aliphatic hydroxyl groups excluding tert-OH is 1. The van der Waals surface area contributed by atoms with E-state index in [1.807, 2.05) is 6.92 Å². The van der Waals surface area contributed by atoms with Gasteiger partial charge >= 0.3 is 6.36 Å². The van der Waals surface area contributed by atoms with Gasteiger partial charge in [-0.1, -0.05) is 11.6 Å². The molecule has 1 atom stereocenters. The second kappa shape index (κ2) is 12.7. The van der Waals surface area contributed by atoms with E-state index in [2.05, 4.69) is 15.0 Å². The van der Waals surface area contributed by atoms with Gasteiger partial charge in [0.25, 0.3) is 0 Å². The second-order valence-corrected chi connectivity index (χ2v) is 11.6. The van der Waals surface area contributed by atoms with E-state index < -0.39 is 18.6 Å². The smallest absolute Gasteiger partial charge is 0.491 e. The Morgan fingerprint density at radius 3 is 2.50 bits per heavy atom. The number of allylic oxidation sites excluding steroid dienone is 2. The van der Waals surface area contributed by atoms with Crippen LogP contribution >= 0.6 is 11.6 Å². The number of nitrogens with two attached hydrogens (primary N) is 1. The van der Waals surface area contributed by atoms with Crippen LogP contribution in [0, 0.1) is 12.3 Å². The van der Waals surface area contributed by atoms with Gasteiger partial charge in [0.05, 0.1) is 22.4 Å². The number of ether oxygens (including phenoxy) is 2. The molecule has 2 aromatic rings. The molecule has 0 radical (unpaired) electrons. The summed E-state index contributed by atoms with van der Waals surface area (Å²) in [6.45, 7) is 6.50. The van der Waals surface area contributed by atoms with Gasteiger partial charge in [-0.2, -0.15) is 0 Å². The van der Waals surface area contributed by atoms with Crippen LogP contribution in [0.2, 0.25) is 5.02 Å². The summed E-state index contributed by atoms with van der Waals surface area (Å²) < 4.78 is 48.1. The zero-order valence-electron chi connectivity index (χ0n) is 24.1. The van der Waals surface area contributed by atoms with Crippen molar-refractivity contribution >= 4 is 28.8 Å². The number of ketones is 1. The number of aliphatic hydroxyl groups is 1. The number of likely N-dealkylation sites (N-methyl/N-ethyl adjacent to an activating group) is 1. The lowest BCUT2D eigenvalue weighted by molar-refractivity contribution is -0.346. The molecule has 1 saturated carbocycles. The van der Waals surface area contributed by atoms with Gasteiger partial charge in [-0.05, 0) is 71.7 Å². The first-order valence-corrected chi connectivity index (χ1v) is 14.2. The lowest BCUT2D eigenvalue weighted by atomic mass is 9.68. The Morgan fingerprint density at radius 2 is 1.93 bits per heavy atom. The fourth-order valence-corrected chi connectivity index (χ4v) is 6.00. The fraction of sp³-hybridized carbons (Fsp3) is 0.552. The van der Waals surface area contributed by atoms with E-state index in [0.29, 0.717) is 84.4 Å². The summed E-state index contributed by atoms with van der Waals surface area (Å²) in [5, 5.41) is 13.3. The third-order valence-electron chi connectivity index (χ3n) is 7.81. The molecular weight excluding hydrogens is 575 g/mol. The standard InChI is InChI=1S/C29H37ClF3N5O4/c1-16-25(24(17(2)34)18(3)39)36-26(22-11-21(5-6-23(22)30)41-13-19(40)12-35-4)37-27(16)38-14-28(15-38)9-7-20(8-10-28)42-29(31,32)33/h5-6,11,19-20,35,40H,7-10,12-15,34H2,1-4H3/t19-/m1/s1. The molecule has 0 unspecified atom stereocenters. The lowest BCUT2D eigenvalue weighted by Crippen LogP contribution is -2.59. The number of carbonyl (C=O) groups is 1. The highest BCUT2D eigenvalue weighted by Crippen LogP contribution is 2.48. The Morgan fingerprint density at radius 1 is 1.26 bits per heavy atom. The van der Waals surface area contributed by atoms with E-state index in [1.54, 1.807) is 32.2 Å². The van der Waals surface area contributed by atoms with Crippen LogP contribution in [0.3, 0.4) is 0 Å². The van der Waals surface area contributed by atoms with Gasteiger partial charge in [0.1, 0.15) is 24.3 Å². The predicted molar refractivity (Wildman–Crippen MR) is 154 cm³/mol.